The first-order valence-corrected chi connectivity index (χ1v) is 12.0. The quantitative estimate of drug-likeness (QED) is 0.386. The molecule has 0 saturated heterocycles. The van der Waals surface area contributed by atoms with Crippen molar-refractivity contribution in [3.63, 3.8) is 0 Å². The molecule has 1 aliphatic carbocycles. The predicted molar refractivity (Wildman–Crippen MR) is 128 cm³/mol. The Hall–Kier alpha value is -2.09. The van der Waals surface area contributed by atoms with E-state index in [1.54, 1.807) is 0 Å². The van der Waals surface area contributed by atoms with Gasteiger partial charge in [-0.15, -0.1) is 0 Å². The normalized spacial score (nSPS) is 13.5. The number of hydrogen-bond donors (Lipinski definition) is 0. The number of hydrogen-bond acceptors (Lipinski definition) is 1. The lowest BCUT2D eigenvalue weighted by Crippen LogP contribution is -2.38. The predicted octanol–water partition coefficient (Wildman–Crippen LogP) is 7.11. The van der Waals surface area contributed by atoms with Crippen LogP contribution in [0.1, 0.15) is 79.7 Å². The maximum atomic E-state index is 13.7. The smallest absolute Gasteiger partial charge is 0.230 e. The molecule has 0 saturated carbocycles. The Kier molecular flexibility index (Phi) is 8.13. The minimum Gasteiger partial charge on any atom is -0.312 e. The number of unbranched alkanes of at least 4 members (excludes halogenated alkanes) is 6. The van der Waals surface area contributed by atoms with Gasteiger partial charge in [0.2, 0.25) is 5.91 Å². The Morgan fingerprint density at radius 2 is 1.40 bits per heavy atom. The summed E-state index contributed by atoms with van der Waals surface area (Å²) in [5, 5.41) is 0. The zero-order valence-electron chi connectivity index (χ0n) is 19.5. The summed E-state index contributed by atoms with van der Waals surface area (Å²) in [5.41, 5.74) is 7.56. The summed E-state index contributed by atoms with van der Waals surface area (Å²) < 4.78 is 0. The molecule has 0 N–H and O–H groups in total. The summed E-state index contributed by atoms with van der Waals surface area (Å²) in [5.74, 6) is 0.388. The van der Waals surface area contributed by atoms with Gasteiger partial charge in [-0.25, -0.2) is 0 Å². The number of aryl methyl sites for hydroxylation is 3. The standard InChI is InChI=1S/C28H39NO/c1-5-6-7-8-9-10-13-16-29(27-22(3)17-21(2)18-23(27)4)28(30)26-19-24-14-11-12-15-25(24)20-26/h11-12,14-15,17-18,26H,5-10,13,16,19-20H2,1-4H3. The van der Waals surface area contributed by atoms with E-state index in [0.717, 1.165) is 31.5 Å². The van der Waals surface area contributed by atoms with Crippen molar-refractivity contribution >= 4 is 11.6 Å². The molecule has 2 nitrogen and oxygen atoms in total. The van der Waals surface area contributed by atoms with Gasteiger partial charge in [-0.2, -0.15) is 0 Å². The second-order valence-electron chi connectivity index (χ2n) is 9.23. The number of fused-ring (bicyclic) bond motifs is 1. The van der Waals surface area contributed by atoms with Gasteiger partial charge >= 0.3 is 0 Å². The van der Waals surface area contributed by atoms with Gasteiger partial charge in [-0.1, -0.05) is 87.4 Å². The summed E-state index contributed by atoms with van der Waals surface area (Å²) in [6, 6.07) is 13.0. The van der Waals surface area contributed by atoms with E-state index in [2.05, 4.69) is 69.0 Å². The van der Waals surface area contributed by atoms with E-state index in [1.807, 2.05) is 0 Å². The third kappa shape index (κ3) is 5.53. The van der Waals surface area contributed by atoms with Gasteiger partial charge in [0, 0.05) is 18.2 Å². The molecule has 0 radical (unpaired) electrons. The van der Waals surface area contributed by atoms with E-state index in [4.69, 9.17) is 0 Å². The van der Waals surface area contributed by atoms with Crippen LogP contribution in [0.15, 0.2) is 36.4 Å². The van der Waals surface area contributed by atoms with Crippen LogP contribution in [-0.2, 0) is 17.6 Å². The average molecular weight is 406 g/mol. The van der Waals surface area contributed by atoms with Gasteiger partial charge < -0.3 is 4.90 Å². The SMILES string of the molecule is CCCCCCCCCN(C(=O)C1Cc2ccccc2C1)c1c(C)cc(C)cc1C. The monoisotopic (exact) mass is 405 g/mol. The Bertz CT molecular complexity index is 805. The first-order valence-electron chi connectivity index (χ1n) is 12.0. The van der Waals surface area contributed by atoms with Crippen molar-refractivity contribution in [2.45, 2.75) is 85.5 Å². The molecule has 2 aromatic carbocycles. The van der Waals surface area contributed by atoms with E-state index < -0.39 is 0 Å². The van der Waals surface area contributed by atoms with Crippen LogP contribution >= 0.6 is 0 Å². The van der Waals surface area contributed by atoms with Gasteiger partial charge in [-0.05, 0) is 62.3 Å². The number of benzene rings is 2. The fourth-order valence-corrected chi connectivity index (χ4v) is 5.11. The second kappa shape index (κ2) is 10.8. The van der Waals surface area contributed by atoms with Crippen molar-refractivity contribution in [3.05, 3.63) is 64.2 Å². The van der Waals surface area contributed by atoms with Gasteiger partial charge in [0.25, 0.3) is 0 Å². The van der Waals surface area contributed by atoms with Gasteiger partial charge in [-0.3, -0.25) is 4.79 Å². The van der Waals surface area contributed by atoms with Gasteiger partial charge in [0.15, 0.2) is 0 Å². The van der Waals surface area contributed by atoms with Crippen molar-refractivity contribution < 1.29 is 4.79 Å². The molecule has 2 heteroatoms. The topological polar surface area (TPSA) is 20.3 Å². The third-order valence-corrected chi connectivity index (χ3v) is 6.56. The maximum Gasteiger partial charge on any atom is 0.230 e. The molecule has 30 heavy (non-hydrogen) atoms. The van der Waals surface area contributed by atoms with Crippen LogP contribution in [0.3, 0.4) is 0 Å². The number of anilines is 1. The lowest BCUT2D eigenvalue weighted by atomic mass is 9.99. The van der Waals surface area contributed by atoms with Gasteiger partial charge in [0.05, 0.1) is 0 Å². The average Bonchev–Trinajstić information content (AvgIpc) is 3.15. The van der Waals surface area contributed by atoms with E-state index in [-0.39, 0.29) is 5.92 Å². The number of carbonyl (C=O) groups excluding carboxylic acids is 1. The van der Waals surface area contributed by atoms with Crippen LogP contribution in [-0.4, -0.2) is 12.5 Å². The molecular formula is C28H39NO. The van der Waals surface area contributed by atoms with Crippen LogP contribution < -0.4 is 4.90 Å². The molecule has 3 rings (SSSR count). The zero-order chi connectivity index (χ0) is 21.5. The van der Waals surface area contributed by atoms with E-state index in [0.29, 0.717) is 5.91 Å². The molecule has 0 heterocycles. The maximum absolute atomic E-state index is 13.7. The minimum absolute atomic E-state index is 0.0760. The third-order valence-electron chi connectivity index (χ3n) is 6.56. The van der Waals surface area contributed by atoms with Crippen molar-refractivity contribution in [2.75, 3.05) is 11.4 Å². The highest BCUT2D eigenvalue weighted by Crippen LogP contribution is 2.33. The van der Waals surface area contributed by atoms with E-state index >= 15 is 0 Å². The molecule has 0 aromatic heterocycles. The minimum atomic E-state index is 0.0760. The highest BCUT2D eigenvalue weighted by Gasteiger charge is 2.32. The largest absolute Gasteiger partial charge is 0.312 e. The van der Waals surface area contributed by atoms with E-state index in [1.165, 1.54) is 66.3 Å². The molecule has 0 bridgehead atoms. The van der Waals surface area contributed by atoms with Crippen LogP contribution in [0.4, 0.5) is 5.69 Å². The Labute approximate surface area is 183 Å². The van der Waals surface area contributed by atoms with E-state index in [9.17, 15) is 4.79 Å². The summed E-state index contributed by atoms with van der Waals surface area (Å²) in [6.45, 7) is 9.55. The molecular weight excluding hydrogens is 366 g/mol. The lowest BCUT2D eigenvalue weighted by molar-refractivity contribution is -0.122. The highest BCUT2D eigenvalue weighted by atomic mass is 16.2. The molecule has 162 valence electrons. The number of rotatable bonds is 10. The second-order valence-corrected chi connectivity index (χ2v) is 9.23. The van der Waals surface area contributed by atoms with Crippen molar-refractivity contribution in [1.82, 2.24) is 0 Å². The summed E-state index contributed by atoms with van der Waals surface area (Å²) in [7, 11) is 0. The molecule has 1 aliphatic rings. The van der Waals surface area contributed by atoms with Crippen LogP contribution in [0.2, 0.25) is 0 Å². The van der Waals surface area contributed by atoms with Crippen molar-refractivity contribution in [2.24, 2.45) is 5.92 Å². The van der Waals surface area contributed by atoms with Crippen LogP contribution in [0.5, 0.6) is 0 Å². The number of carbonyl (C=O) groups is 1. The summed E-state index contributed by atoms with van der Waals surface area (Å²) in [6.07, 6.45) is 10.6. The first kappa shape index (κ1) is 22.6. The van der Waals surface area contributed by atoms with Crippen molar-refractivity contribution in [1.29, 1.82) is 0 Å². The number of nitrogens with zero attached hydrogens (tertiary/aromatic N) is 1. The Morgan fingerprint density at radius 3 is 1.97 bits per heavy atom. The van der Waals surface area contributed by atoms with Crippen molar-refractivity contribution in [3.8, 4) is 0 Å². The molecule has 0 unspecified atom stereocenters. The highest BCUT2D eigenvalue weighted by molar-refractivity contribution is 5.97. The van der Waals surface area contributed by atoms with Crippen LogP contribution in [0.25, 0.3) is 0 Å². The summed E-state index contributed by atoms with van der Waals surface area (Å²) >= 11 is 0. The zero-order valence-corrected chi connectivity index (χ0v) is 19.5. The number of amides is 1. The molecule has 1 amide bonds. The molecule has 0 aliphatic heterocycles. The Morgan fingerprint density at radius 1 is 0.867 bits per heavy atom. The molecule has 0 atom stereocenters. The summed E-state index contributed by atoms with van der Waals surface area (Å²) in [4.78, 5) is 15.9. The fraction of sp³-hybridized carbons (Fsp3) is 0.536. The fourth-order valence-electron chi connectivity index (χ4n) is 5.11. The Balaban J connectivity index is 1.72. The molecule has 0 fully saturated rings. The van der Waals surface area contributed by atoms with Gasteiger partial charge in [0.1, 0.15) is 0 Å². The molecule has 0 spiro atoms. The first-order chi connectivity index (χ1) is 14.5. The van der Waals surface area contributed by atoms with Crippen LogP contribution in [0, 0.1) is 26.7 Å². The molecule has 2 aromatic rings. The lowest BCUT2D eigenvalue weighted by Gasteiger charge is -2.29.